The minimum Gasteiger partial charge on any atom is -0.508 e. The third-order valence-corrected chi connectivity index (χ3v) is 3.60. The van der Waals surface area contributed by atoms with Crippen molar-refractivity contribution in [1.29, 1.82) is 0 Å². The van der Waals surface area contributed by atoms with Gasteiger partial charge in [-0.3, -0.25) is 4.57 Å². The molecule has 2 heterocycles. The SMILES string of the molecule is O=c1[nH]c2ccc(O)cc2n1CCN1CCCC1. The number of H-pyrrole nitrogens is 1. The normalized spacial score (nSPS) is 16.7. The van der Waals surface area contributed by atoms with Crippen molar-refractivity contribution in [2.45, 2.75) is 19.4 Å². The molecule has 18 heavy (non-hydrogen) atoms. The molecule has 0 aliphatic carbocycles. The van der Waals surface area contributed by atoms with E-state index in [1.165, 1.54) is 12.8 Å². The van der Waals surface area contributed by atoms with Crippen molar-refractivity contribution in [3.05, 3.63) is 28.7 Å². The van der Waals surface area contributed by atoms with Crippen molar-refractivity contribution in [3.8, 4) is 5.75 Å². The van der Waals surface area contributed by atoms with Crippen LogP contribution in [-0.2, 0) is 6.54 Å². The summed E-state index contributed by atoms with van der Waals surface area (Å²) in [7, 11) is 0. The molecule has 0 bridgehead atoms. The Morgan fingerprint density at radius 2 is 2.00 bits per heavy atom. The maximum atomic E-state index is 11.9. The van der Waals surface area contributed by atoms with Gasteiger partial charge < -0.3 is 15.0 Å². The van der Waals surface area contributed by atoms with Gasteiger partial charge in [0.05, 0.1) is 11.0 Å². The smallest absolute Gasteiger partial charge is 0.326 e. The van der Waals surface area contributed by atoms with Crippen LogP contribution in [0, 0.1) is 0 Å². The molecule has 5 heteroatoms. The number of nitrogens with one attached hydrogen (secondary N) is 1. The van der Waals surface area contributed by atoms with Crippen LogP contribution in [-0.4, -0.2) is 39.2 Å². The van der Waals surface area contributed by atoms with E-state index in [9.17, 15) is 9.90 Å². The fourth-order valence-corrected chi connectivity index (χ4v) is 2.61. The Balaban J connectivity index is 1.87. The fourth-order valence-electron chi connectivity index (χ4n) is 2.61. The first-order valence-corrected chi connectivity index (χ1v) is 6.38. The van der Waals surface area contributed by atoms with Crippen LogP contribution < -0.4 is 5.69 Å². The van der Waals surface area contributed by atoms with E-state index in [2.05, 4.69) is 9.88 Å². The molecule has 0 saturated carbocycles. The summed E-state index contributed by atoms with van der Waals surface area (Å²) in [6.07, 6.45) is 2.51. The Hall–Kier alpha value is -1.75. The molecule has 1 aromatic heterocycles. The van der Waals surface area contributed by atoms with Gasteiger partial charge in [-0.25, -0.2) is 4.79 Å². The first kappa shape index (κ1) is 11.3. The number of rotatable bonds is 3. The Morgan fingerprint density at radius 3 is 2.78 bits per heavy atom. The van der Waals surface area contributed by atoms with Gasteiger partial charge in [0.1, 0.15) is 5.75 Å². The highest BCUT2D eigenvalue weighted by molar-refractivity contribution is 5.76. The van der Waals surface area contributed by atoms with Gasteiger partial charge in [-0.05, 0) is 38.1 Å². The maximum Gasteiger partial charge on any atom is 0.326 e. The van der Waals surface area contributed by atoms with Crippen molar-refractivity contribution in [2.75, 3.05) is 19.6 Å². The highest BCUT2D eigenvalue weighted by Gasteiger charge is 2.13. The average Bonchev–Trinajstić information content (AvgIpc) is 2.94. The van der Waals surface area contributed by atoms with Crippen LogP contribution in [0.2, 0.25) is 0 Å². The first-order valence-electron chi connectivity index (χ1n) is 6.38. The second-order valence-corrected chi connectivity index (χ2v) is 4.83. The summed E-state index contributed by atoms with van der Waals surface area (Å²) in [5.41, 5.74) is 1.45. The number of aromatic amines is 1. The molecule has 0 spiro atoms. The number of hydrogen-bond acceptors (Lipinski definition) is 3. The molecule has 1 fully saturated rings. The Bertz CT molecular complexity index is 608. The largest absolute Gasteiger partial charge is 0.508 e. The van der Waals surface area contributed by atoms with Crippen LogP contribution in [0.5, 0.6) is 5.75 Å². The summed E-state index contributed by atoms with van der Waals surface area (Å²) in [6.45, 7) is 3.81. The van der Waals surface area contributed by atoms with Crippen LogP contribution in [0.25, 0.3) is 11.0 Å². The molecule has 2 aromatic rings. The zero-order chi connectivity index (χ0) is 12.5. The zero-order valence-corrected chi connectivity index (χ0v) is 10.2. The average molecular weight is 247 g/mol. The summed E-state index contributed by atoms with van der Waals surface area (Å²) in [4.78, 5) is 17.0. The molecule has 3 rings (SSSR count). The van der Waals surface area contributed by atoms with E-state index in [0.29, 0.717) is 6.54 Å². The standard InChI is InChI=1S/C13H17N3O2/c17-10-3-4-11-12(9-10)16(13(18)14-11)8-7-15-5-1-2-6-15/h3-4,9,17H,1-2,5-8H2,(H,14,18). The van der Waals surface area contributed by atoms with E-state index >= 15 is 0 Å². The molecule has 2 N–H and O–H groups in total. The lowest BCUT2D eigenvalue weighted by Gasteiger charge is -2.14. The van der Waals surface area contributed by atoms with Crippen LogP contribution in [0.4, 0.5) is 0 Å². The number of aromatic hydroxyl groups is 1. The third kappa shape index (κ3) is 2.01. The van der Waals surface area contributed by atoms with Crippen molar-refractivity contribution in [1.82, 2.24) is 14.5 Å². The molecule has 1 aromatic carbocycles. The molecule has 96 valence electrons. The fraction of sp³-hybridized carbons (Fsp3) is 0.462. The number of hydrogen-bond donors (Lipinski definition) is 2. The highest BCUT2D eigenvalue weighted by Crippen LogP contribution is 2.17. The molecule has 0 radical (unpaired) electrons. The number of nitrogens with zero attached hydrogens (tertiary/aromatic N) is 2. The second kappa shape index (κ2) is 4.49. The Morgan fingerprint density at radius 1 is 1.22 bits per heavy atom. The van der Waals surface area contributed by atoms with Gasteiger partial charge in [-0.15, -0.1) is 0 Å². The molecule has 0 atom stereocenters. The van der Waals surface area contributed by atoms with Crippen molar-refractivity contribution in [3.63, 3.8) is 0 Å². The van der Waals surface area contributed by atoms with Gasteiger partial charge in [0.25, 0.3) is 0 Å². The van der Waals surface area contributed by atoms with Gasteiger partial charge in [-0.1, -0.05) is 0 Å². The number of benzene rings is 1. The second-order valence-electron chi connectivity index (χ2n) is 4.83. The van der Waals surface area contributed by atoms with E-state index < -0.39 is 0 Å². The topological polar surface area (TPSA) is 61.3 Å². The van der Waals surface area contributed by atoms with Crippen LogP contribution in [0.1, 0.15) is 12.8 Å². The molecule has 1 aliphatic heterocycles. The van der Waals surface area contributed by atoms with Gasteiger partial charge in [-0.2, -0.15) is 0 Å². The number of aromatic nitrogens is 2. The molecule has 1 saturated heterocycles. The lowest BCUT2D eigenvalue weighted by Crippen LogP contribution is -2.28. The Kier molecular flexibility index (Phi) is 2.83. The predicted molar refractivity (Wildman–Crippen MR) is 69.9 cm³/mol. The van der Waals surface area contributed by atoms with Crippen molar-refractivity contribution in [2.24, 2.45) is 0 Å². The summed E-state index contributed by atoms with van der Waals surface area (Å²) in [6, 6.07) is 4.96. The minimum atomic E-state index is -0.102. The number of imidazole rings is 1. The summed E-state index contributed by atoms with van der Waals surface area (Å²) < 4.78 is 1.70. The quantitative estimate of drug-likeness (QED) is 0.854. The lowest BCUT2D eigenvalue weighted by molar-refractivity contribution is 0.322. The van der Waals surface area contributed by atoms with Crippen molar-refractivity contribution >= 4 is 11.0 Å². The van der Waals surface area contributed by atoms with Gasteiger partial charge in [0, 0.05) is 19.2 Å². The van der Waals surface area contributed by atoms with Gasteiger partial charge in [0.15, 0.2) is 0 Å². The molecule has 5 nitrogen and oxygen atoms in total. The van der Waals surface area contributed by atoms with E-state index in [0.717, 1.165) is 30.7 Å². The van der Waals surface area contributed by atoms with Gasteiger partial charge in [0.2, 0.25) is 0 Å². The number of fused-ring (bicyclic) bond motifs is 1. The monoisotopic (exact) mass is 247 g/mol. The third-order valence-electron chi connectivity index (χ3n) is 3.60. The van der Waals surface area contributed by atoms with Gasteiger partial charge >= 0.3 is 5.69 Å². The summed E-state index contributed by atoms with van der Waals surface area (Å²) >= 11 is 0. The van der Waals surface area contributed by atoms with Crippen molar-refractivity contribution < 1.29 is 5.11 Å². The molecular weight excluding hydrogens is 230 g/mol. The van der Waals surface area contributed by atoms with E-state index in [-0.39, 0.29) is 11.4 Å². The Labute approximate surface area is 105 Å². The number of likely N-dealkylation sites (tertiary alicyclic amines) is 1. The van der Waals surface area contributed by atoms with Crippen LogP contribution in [0.3, 0.4) is 0 Å². The molecule has 0 amide bonds. The lowest BCUT2D eigenvalue weighted by atomic mass is 10.3. The summed E-state index contributed by atoms with van der Waals surface area (Å²) in [5.74, 6) is 0.191. The number of phenols is 1. The molecular formula is C13H17N3O2. The van der Waals surface area contributed by atoms with Crippen LogP contribution in [0.15, 0.2) is 23.0 Å². The first-order chi connectivity index (χ1) is 8.74. The summed E-state index contributed by atoms with van der Waals surface area (Å²) in [5, 5.41) is 9.50. The van der Waals surface area contributed by atoms with E-state index in [1.807, 2.05) is 0 Å². The van der Waals surface area contributed by atoms with Crippen LogP contribution >= 0.6 is 0 Å². The minimum absolute atomic E-state index is 0.102. The number of phenolic OH excluding ortho intramolecular Hbond substituents is 1. The predicted octanol–water partition coefficient (Wildman–Crippen LogP) is 1.13. The maximum absolute atomic E-state index is 11.9. The molecule has 1 aliphatic rings. The zero-order valence-electron chi connectivity index (χ0n) is 10.2. The van der Waals surface area contributed by atoms with E-state index in [4.69, 9.17) is 0 Å². The molecule has 0 unspecified atom stereocenters. The van der Waals surface area contributed by atoms with E-state index in [1.54, 1.807) is 22.8 Å². The highest BCUT2D eigenvalue weighted by atomic mass is 16.3.